The van der Waals surface area contributed by atoms with E-state index in [0.717, 1.165) is 32.7 Å². The summed E-state index contributed by atoms with van der Waals surface area (Å²) >= 11 is 0. The molecule has 0 bridgehead atoms. The van der Waals surface area contributed by atoms with Gasteiger partial charge < -0.3 is 14.6 Å². The minimum absolute atomic E-state index is 0.0792. The quantitative estimate of drug-likeness (QED) is 0.735. The van der Waals surface area contributed by atoms with E-state index < -0.39 is 0 Å². The number of aliphatic hydroxyl groups is 1. The Hall–Kier alpha value is -1.76. The Morgan fingerprint density at radius 1 is 0.806 bits per heavy atom. The number of morpholine rings is 2. The Bertz CT molecular complexity index is 788. The van der Waals surface area contributed by atoms with Crippen molar-refractivity contribution in [2.75, 3.05) is 39.4 Å². The molecule has 2 saturated heterocycles. The van der Waals surface area contributed by atoms with Gasteiger partial charge in [0.15, 0.2) is 0 Å². The zero-order valence-corrected chi connectivity index (χ0v) is 18.8. The third-order valence-corrected chi connectivity index (χ3v) is 6.66. The molecule has 5 heteroatoms. The molecule has 0 aliphatic carbocycles. The van der Waals surface area contributed by atoms with Crippen LogP contribution in [0.3, 0.4) is 0 Å². The molecule has 5 unspecified atom stereocenters. The highest BCUT2D eigenvalue weighted by Gasteiger charge is 2.30. The molecule has 0 amide bonds. The summed E-state index contributed by atoms with van der Waals surface area (Å²) in [5, 5.41) is 10.8. The van der Waals surface area contributed by atoms with Gasteiger partial charge in [0.25, 0.3) is 0 Å². The molecule has 2 aromatic rings. The lowest BCUT2D eigenvalue weighted by atomic mass is 10.0. The number of hydrogen-bond acceptors (Lipinski definition) is 5. The third kappa shape index (κ3) is 5.93. The summed E-state index contributed by atoms with van der Waals surface area (Å²) in [4.78, 5) is 4.83. The number of rotatable bonds is 7. The van der Waals surface area contributed by atoms with Crippen LogP contribution in [-0.4, -0.2) is 72.5 Å². The second kappa shape index (κ2) is 10.7. The molecule has 0 radical (unpaired) electrons. The lowest BCUT2D eigenvalue weighted by molar-refractivity contribution is -0.0778. The zero-order valence-electron chi connectivity index (χ0n) is 18.8. The van der Waals surface area contributed by atoms with Crippen molar-refractivity contribution in [3.05, 3.63) is 71.8 Å². The Labute approximate surface area is 186 Å². The Morgan fingerprint density at radius 3 is 1.84 bits per heavy atom. The predicted octanol–water partition coefficient (Wildman–Crippen LogP) is 3.66. The van der Waals surface area contributed by atoms with Crippen LogP contribution in [0.15, 0.2) is 60.7 Å². The monoisotopic (exact) mass is 424 g/mol. The SMILES string of the molecule is CC1COC(c2ccccc2)CN1CCC(O)CN1CC(c2ccccc2)OCC1C. The first-order valence-electron chi connectivity index (χ1n) is 11.6. The lowest BCUT2D eigenvalue weighted by Gasteiger charge is -2.40. The summed E-state index contributed by atoms with van der Waals surface area (Å²) < 4.78 is 12.1. The first kappa shape index (κ1) is 22.4. The van der Waals surface area contributed by atoms with E-state index in [0.29, 0.717) is 25.2 Å². The maximum atomic E-state index is 10.8. The zero-order chi connectivity index (χ0) is 21.6. The van der Waals surface area contributed by atoms with E-state index >= 15 is 0 Å². The summed E-state index contributed by atoms with van der Waals surface area (Å²) in [6, 6.07) is 21.5. The minimum Gasteiger partial charge on any atom is -0.392 e. The number of ether oxygens (including phenoxy) is 2. The van der Waals surface area contributed by atoms with Gasteiger partial charge in [-0.2, -0.15) is 0 Å². The molecule has 0 spiro atoms. The van der Waals surface area contributed by atoms with Crippen molar-refractivity contribution in [3.63, 3.8) is 0 Å². The van der Waals surface area contributed by atoms with Crippen LogP contribution in [0, 0.1) is 0 Å². The van der Waals surface area contributed by atoms with Crippen LogP contribution >= 0.6 is 0 Å². The minimum atomic E-state index is -0.345. The Balaban J connectivity index is 1.28. The Morgan fingerprint density at radius 2 is 1.29 bits per heavy atom. The maximum absolute atomic E-state index is 10.8. The van der Waals surface area contributed by atoms with Crippen LogP contribution in [0.2, 0.25) is 0 Å². The van der Waals surface area contributed by atoms with E-state index in [-0.39, 0.29) is 18.3 Å². The van der Waals surface area contributed by atoms with Crippen molar-refractivity contribution in [2.24, 2.45) is 0 Å². The summed E-state index contributed by atoms with van der Waals surface area (Å²) in [6.45, 7) is 9.10. The molecule has 168 valence electrons. The highest BCUT2D eigenvalue weighted by molar-refractivity contribution is 5.19. The van der Waals surface area contributed by atoms with Gasteiger partial charge in [-0.25, -0.2) is 0 Å². The van der Waals surface area contributed by atoms with Gasteiger partial charge in [-0.3, -0.25) is 9.80 Å². The van der Waals surface area contributed by atoms with Gasteiger partial charge in [-0.1, -0.05) is 60.7 Å². The smallest absolute Gasteiger partial charge is 0.0952 e. The number of hydrogen-bond donors (Lipinski definition) is 1. The van der Waals surface area contributed by atoms with Gasteiger partial charge in [-0.15, -0.1) is 0 Å². The molecule has 2 aliphatic rings. The average molecular weight is 425 g/mol. The molecule has 2 fully saturated rings. The number of aliphatic hydroxyl groups excluding tert-OH is 1. The van der Waals surface area contributed by atoms with Crippen molar-refractivity contribution in [3.8, 4) is 0 Å². The van der Waals surface area contributed by atoms with Crippen LogP contribution in [0.5, 0.6) is 0 Å². The van der Waals surface area contributed by atoms with Gasteiger partial charge in [0.2, 0.25) is 0 Å². The molecular formula is C26H36N2O3. The van der Waals surface area contributed by atoms with E-state index in [1.165, 1.54) is 11.1 Å². The van der Waals surface area contributed by atoms with Crippen molar-refractivity contribution < 1.29 is 14.6 Å². The Kier molecular flexibility index (Phi) is 7.75. The summed E-state index contributed by atoms with van der Waals surface area (Å²) in [5.41, 5.74) is 2.44. The number of β-amino-alcohol motifs (C(OH)–C–C–N with tert-alkyl or cyclic N) is 1. The number of nitrogens with zero attached hydrogens (tertiary/aromatic N) is 2. The normalized spacial score (nSPS) is 29.0. The number of benzene rings is 2. The molecule has 5 atom stereocenters. The fourth-order valence-electron chi connectivity index (χ4n) is 4.59. The van der Waals surface area contributed by atoms with Crippen LogP contribution in [0.25, 0.3) is 0 Å². The largest absolute Gasteiger partial charge is 0.392 e. The second-order valence-electron chi connectivity index (χ2n) is 9.05. The molecule has 2 aromatic carbocycles. The van der Waals surface area contributed by atoms with Gasteiger partial charge in [0.1, 0.15) is 0 Å². The first-order valence-corrected chi connectivity index (χ1v) is 11.6. The molecule has 2 heterocycles. The highest BCUT2D eigenvalue weighted by atomic mass is 16.5. The fraction of sp³-hybridized carbons (Fsp3) is 0.538. The van der Waals surface area contributed by atoms with E-state index in [2.05, 4.69) is 72.2 Å². The topological polar surface area (TPSA) is 45.2 Å². The van der Waals surface area contributed by atoms with E-state index in [4.69, 9.17) is 9.47 Å². The van der Waals surface area contributed by atoms with Crippen molar-refractivity contribution in [2.45, 2.75) is 50.7 Å². The van der Waals surface area contributed by atoms with Crippen LogP contribution in [-0.2, 0) is 9.47 Å². The summed E-state index contributed by atoms with van der Waals surface area (Å²) in [7, 11) is 0. The standard InChI is InChI=1S/C26H36N2O3/c1-20-18-30-25(22-9-5-3-6-10-22)16-27(20)14-13-24(29)15-28-17-26(31-19-21(28)2)23-11-7-4-8-12-23/h3-12,20-21,24-26,29H,13-19H2,1-2H3. The maximum Gasteiger partial charge on any atom is 0.0952 e. The molecule has 2 aliphatic heterocycles. The molecule has 1 N–H and O–H groups in total. The summed E-state index contributed by atoms with van der Waals surface area (Å²) in [5.74, 6) is 0. The predicted molar refractivity (Wildman–Crippen MR) is 123 cm³/mol. The van der Waals surface area contributed by atoms with Gasteiger partial charge >= 0.3 is 0 Å². The van der Waals surface area contributed by atoms with E-state index in [1.807, 2.05) is 12.1 Å². The molecule has 0 saturated carbocycles. The molecule has 0 aromatic heterocycles. The van der Waals surface area contributed by atoms with Crippen molar-refractivity contribution >= 4 is 0 Å². The van der Waals surface area contributed by atoms with Gasteiger partial charge in [0, 0.05) is 38.3 Å². The highest BCUT2D eigenvalue weighted by Crippen LogP contribution is 2.26. The van der Waals surface area contributed by atoms with Crippen LogP contribution in [0.1, 0.15) is 43.6 Å². The van der Waals surface area contributed by atoms with Gasteiger partial charge in [0.05, 0.1) is 31.5 Å². The average Bonchev–Trinajstić information content (AvgIpc) is 2.81. The molecule has 31 heavy (non-hydrogen) atoms. The van der Waals surface area contributed by atoms with Gasteiger partial charge in [-0.05, 0) is 31.4 Å². The fourth-order valence-corrected chi connectivity index (χ4v) is 4.59. The summed E-state index contributed by atoms with van der Waals surface area (Å²) in [6.07, 6.45) is 0.615. The van der Waals surface area contributed by atoms with Crippen LogP contribution < -0.4 is 0 Å². The van der Waals surface area contributed by atoms with Crippen molar-refractivity contribution in [1.82, 2.24) is 9.80 Å². The molecule has 4 rings (SSSR count). The van der Waals surface area contributed by atoms with E-state index in [1.54, 1.807) is 0 Å². The third-order valence-electron chi connectivity index (χ3n) is 6.66. The lowest BCUT2D eigenvalue weighted by Crippen LogP contribution is -2.49. The molecule has 5 nitrogen and oxygen atoms in total. The molecular weight excluding hydrogens is 388 g/mol. The van der Waals surface area contributed by atoms with Crippen LogP contribution in [0.4, 0.5) is 0 Å². The first-order chi connectivity index (χ1) is 15.1. The second-order valence-corrected chi connectivity index (χ2v) is 9.05. The van der Waals surface area contributed by atoms with E-state index in [9.17, 15) is 5.11 Å². The van der Waals surface area contributed by atoms with Crippen molar-refractivity contribution in [1.29, 1.82) is 0 Å².